The molecule has 0 aromatic heterocycles. The fraction of sp³-hybridized carbons (Fsp3) is 1.00. The molecule has 14 heavy (non-hydrogen) atoms. The molecule has 0 aromatic carbocycles. The highest BCUT2D eigenvalue weighted by atomic mass is 32.2. The van der Waals surface area contributed by atoms with Crippen molar-refractivity contribution < 1.29 is 18.3 Å². The van der Waals surface area contributed by atoms with Gasteiger partial charge in [0.05, 0.1) is 17.5 Å². The van der Waals surface area contributed by atoms with Crippen LogP contribution in [0.2, 0.25) is 0 Å². The standard InChI is InChI=1S/C8H17NO4S/c1-8(10,6-13-2)5-9-14(11,12)7-3-4-7/h7,9-10H,3-6H2,1-2H3. The van der Waals surface area contributed by atoms with Crippen LogP contribution in [0.25, 0.3) is 0 Å². The molecule has 0 heterocycles. The molecule has 0 radical (unpaired) electrons. The van der Waals surface area contributed by atoms with E-state index in [4.69, 9.17) is 4.74 Å². The molecular weight excluding hydrogens is 206 g/mol. The summed E-state index contributed by atoms with van der Waals surface area (Å²) in [6.07, 6.45) is 1.45. The first kappa shape index (κ1) is 11.9. The first-order chi connectivity index (χ1) is 6.37. The summed E-state index contributed by atoms with van der Waals surface area (Å²) in [7, 11) is -1.74. The maximum absolute atomic E-state index is 11.4. The molecule has 1 aliphatic carbocycles. The summed E-state index contributed by atoms with van der Waals surface area (Å²) in [5.74, 6) is 0. The molecular formula is C8H17NO4S. The lowest BCUT2D eigenvalue weighted by Crippen LogP contribution is -2.44. The molecule has 1 rings (SSSR count). The Hall–Kier alpha value is -0.170. The third-order valence-corrected chi connectivity index (χ3v) is 3.97. The van der Waals surface area contributed by atoms with Crippen LogP contribution in [-0.2, 0) is 14.8 Å². The van der Waals surface area contributed by atoms with Crippen LogP contribution in [0.5, 0.6) is 0 Å². The van der Waals surface area contributed by atoms with E-state index >= 15 is 0 Å². The Balaban J connectivity index is 2.39. The van der Waals surface area contributed by atoms with Gasteiger partial charge in [-0.3, -0.25) is 0 Å². The summed E-state index contributed by atoms with van der Waals surface area (Å²) in [4.78, 5) is 0. The molecule has 0 amide bonds. The van der Waals surface area contributed by atoms with Crippen LogP contribution in [0.15, 0.2) is 0 Å². The molecule has 0 saturated heterocycles. The molecule has 0 aliphatic heterocycles. The number of ether oxygens (including phenoxy) is 1. The number of methoxy groups -OCH3 is 1. The van der Waals surface area contributed by atoms with Crippen molar-refractivity contribution in [2.75, 3.05) is 20.3 Å². The first-order valence-electron chi connectivity index (χ1n) is 4.57. The van der Waals surface area contributed by atoms with E-state index in [1.54, 1.807) is 0 Å². The minimum absolute atomic E-state index is 0.000324. The second kappa shape index (κ2) is 4.14. The topological polar surface area (TPSA) is 75.6 Å². The molecule has 0 bridgehead atoms. The summed E-state index contributed by atoms with van der Waals surface area (Å²) < 4.78 is 29.9. The summed E-state index contributed by atoms with van der Waals surface area (Å²) in [6, 6.07) is 0. The second-order valence-electron chi connectivity index (χ2n) is 4.00. The predicted molar refractivity (Wildman–Crippen MR) is 52.4 cm³/mol. The zero-order valence-corrected chi connectivity index (χ0v) is 9.30. The Kier molecular flexibility index (Phi) is 3.52. The molecule has 84 valence electrons. The highest BCUT2D eigenvalue weighted by molar-refractivity contribution is 7.90. The van der Waals surface area contributed by atoms with Gasteiger partial charge in [-0.05, 0) is 19.8 Å². The molecule has 1 unspecified atom stereocenters. The Labute approximate surface area is 84.5 Å². The van der Waals surface area contributed by atoms with Gasteiger partial charge in [-0.1, -0.05) is 0 Å². The van der Waals surface area contributed by atoms with Gasteiger partial charge in [0.25, 0.3) is 0 Å². The van der Waals surface area contributed by atoms with E-state index < -0.39 is 15.6 Å². The smallest absolute Gasteiger partial charge is 0.214 e. The number of rotatable bonds is 6. The lowest BCUT2D eigenvalue weighted by Gasteiger charge is -2.22. The van der Waals surface area contributed by atoms with Gasteiger partial charge >= 0.3 is 0 Å². The predicted octanol–water partition coefficient (Wildman–Crippen LogP) is -0.534. The highest BCUT2D eigenvalue weighted by Gasteiger charge is 2.36. The lowest BCUT2D eigenvalue weighted by molar-refractivity contribution is -0.0119. The third-order valence-electron chi connectivity index (χ3n) is 2.07. The largest absolute Gasteiger partial charge is 0.386 e. The van der Waals surface area contributed by atoms with Gasteiger partial charge in [0, 0.05) is 13.7 Å². The minimum Gasteiger partial charge on any atom is -0.386 e. The van der Waals surface area contributed by atoms with Crippen LogP contribution >= 0.6 is 0 Å². The third kappa shape index (κ3) is 3.53. The lowest BCUT2D eigenvalue weighted by atomic mass is 10.1. The van der Waals surface area contributed by atoms with Gasteiger partial charge in [-0.15, -0.1) is 0 Å². The van der Waals surface area contributed by atoms with Gasteiger partial charge < -0.3 is 9.84 Å². The number of nitrogens with one attached hydrogen (secondary N) is 1. The van der Waals surface area contributed by atoms with Crippen molar-refractivity contribution >= 4 is 10.0 Å². The zero-order chi connectivity index (χ0) is 10.8. The van der Waals surface area contributed by atoms with Crippen LogP contribution in [-0.4, -0.2) is 44.6 Å². The van der Waals surface area contributed by atoms with Gasteiger partial charge in [0.15, 0.2) is 0 Å². The van der Waals surface area contributed by atoms with E-state index in [0.29, 0.717) is 0 Å². The average molecular weight is 223 g/mol. The second-order valence-corrected chi connectivity index (χ2v) is 6.04. The monoisotopic (exact) mass is 223 g/mol. The molecule has 1 aliphatic rings. The molecule has 6 heteroatoms. The van der Waals surface area contributed by atoms with Crippen molar-refractivity contribution in [2.45, 2.75) is 30.6 Å². The SMILES string of the molecule is COCC(C)(O)CNS(=O)(=O)C1CC1. The van der Waals surface area contributed by atoms with E-state index in [1.165, 1.54) is 14.0 Å². The zero-order valence-electron chi connectivity index (χ0n) is 8.49. The fourth-order valence-electron chi connectivity index (χ4n) is 1.11. The minimum atomic E-state index is -3.20. The number of hydrogen-bond donors (Lipinski definition) is 2. The van der Waals surface area contributed by atoms with E-state index in [1.807, 2.05) is 0 Å². The van der Waals surface area contributed by atoms with E-state index in [2.05, 4.69) is 4.72 Å². The Morgan fingerprint density at radius 2 is 2.14 bits per heavy atom. The molecule has 0 spiro atoms. The van der Waals surface area contributed by atoms with Crippen molar-refractivity contribution in [1.82, 2.24) is 4.72 Å². The van der Waals surface area contributed by atoms with Crippen LogP contribution in [0, 0.1) is 0 Å². The van der Waals surface area contributed by atoms with Crippen LogP contribution in [0.4, 0.5) is 0 Å². The number of sulfonamides is 1. The molecule has 1 fully saturated rings. The number of aliphatic hydroxyl groups is 1. The van der Waals surface area contributed by atoms with Crippen molar-refractivity contribution in [2.24, 2.45) is 0 Å². The normalized spacial score (nSPS) is 21.9. The van der Waals surface area contributed by atoms with Gasteiger partial charge in [-0.2, -0.15) is 0 Å². The summed E-state index contributed by atoms with van der Waals surface area (Å²) in [5, 5.41) is 9.38. The van der Waals surface area contributed by atoms with E-state index in [0.717, 1.165) is 12.8 Å². The van der Waals surface area contributed by atoms with E-state index in [-0.39, 0.29) is 18.4 Å². The van der Waals surface area contributed by atoms with E-state index in [9.17, 15) is 13.5 Å². The molecule has 1 saturated carbocycles. The van der Waals surface area contributed by atoms with Crippen LogP contribution < -0.4 is 4.72 Å². The fourth-order valence-corrected chi connectivity index (χ4v) is 2.62. The summed E-state index contributed by atoms with van der Waals surface area (Å²) in [5.41, 5.74) is -1.14. The quantitative estimate of drug-likeness (QED) is 0.634. The molecule has 1 atom stereocenters. The Morgan fingerprint density at radius 1 is 1.57 bits per heavy atom. The van der Waals surface area contributed by atoms with Gasteiger partial charge in [0.1, 0.15) is 0 Å². The maximum Gasteiger partial charge on any atom is 0.214 e. The van der Waals surface area contributed by atoms with Crippen LogP contribution in [0.3, 0.4) is 0 Å². The van der Waals surface area contributed by atoms with Gasteiger partial charge in [0.2, 0.25) is 10.0 Å². The van der Waals surface area contributed by atoms with Crippen molar-refractivity contribution in [3.8, 4) is 0 Å². The first-order valence-corrected chi connectivity index (χ1v) is 6.12. The molecule has 0 aromatic rings. The van der Waals surface area contributed by atoms with Gasteiger partial charge in [-0.25, -0.2) is 13.1 Å². The Bertz CT molecular complexity index is 282. The number of hydrogen-bond acceptors (Lipinski definition) is 4. The molecule has 5 nitrogen and oxygen atoms in total. The molecule has 2 N–H and O–H groups in total. The maximum atomic E-state index is 11.4. The summed E-state index contributed by atoms with van der Waals surface area (Å²) in [6.45, 7) is 1.64. The summed E-state index contributed by atoms with van der Waals surface area (Å²) >= 11 is 0. The van der Waals surface area contributed by atoms with Crippen molar-refractivity contribution in [1.29, 1.82) is 0 Å². The van der Waals surface area contributed by atoms with Crippen molar-refractivity contribution in [3.63, 3.8) is 0 Å². The highest BCUT2D eigenvalue weighted by Crippen LogP contribution is 2.27. The average Bonchev–Trinajstić information content (AvgIpc) is 2.83. The Morgan fingerprint density at radius 3 is 2.57 bits per heavy atom. The van der Waals surface area contributed by atoms with Crippen molar-refractivity contribution in [3.05, 3.63) is 0 Å². The van der Waals surface area contributed by atoms with Crippen LogP contribution in [0.1, 0.15) is 19.8 Å².